The lowest BCUT2D eigenvalue weighted by Crippen LogP contribution is -2.38. The van der Waals surface area contributed by atoms with Crippen LogP contribution < -0.4 is 15.5 Å². The van der Waals surface area contributed by atoms with E-state index in [-0.39, 0.29) is 0 Å². The summed E-state index contributed by atoms with van der Waals surface area (Å²) in [5.74, 6) is 1.86. The lowest BCUT2D eigenvalue weighted by molar-refractivity contribution is 0.570. The predicted octanol–water partition coefficient (Wildman–Crippen LogP) is 1.31. The maximum absolute atomic E-state index is 4.42. The second-order valence-corrected chi connectivity index (χ2v) is 5.65. The fourth-order valence-corrected chi connectivity index (χ4v) is 2.92. The molecule has 1 fully saturated rings. The van der Waals surface area contributed by atoms with Crippen LogP contribution in [0.4, 0.5) is 11.6 Å². The summed E-state index contributed by atoms with van der Waals surface area (Å²) in [7, 11) is 1.88. The number of aryl methyl sites for hydroxylation is 1. The van der Waals surface area contributed by atoms with E-state index in [2.05, 4.69) is 35.7 Å². The Morgan fingerprint density at radius 2 is 2.32 bits per heavy atom. The average molecular weight is 301 g/mol. The summed E-state index contributed by atoms with van der Waals surface area (Å²) in [6.07, 6.45) is 5.91. The molecule has 0 unspecified atom stereocenters. The molecule has 3 N–H and O–H groups in total. The van der Waals surface area contributed by atoms with Crippen molar-refractivity contribution in [1.82, 2.24) is 25.5 Å². The molecule has 3 rings (SSSR count). The Labute approximate surface area is 130 Å². The zero-order chi connectivity index (χ0) is 15.4. The molecule has 2 aromatic rings. The molecule has 0 aliphatic carbocycles. The number of aromatic nitrogens is 4. The van der Waals surface area contributed by atoms with Crippen LogP contribution in [0.1, 0.15) is 24.1 Å². The molecule has 0 amide bonds. The van der Waals surface area contributed by atoms with Crippen molar-refractivity contribution in [3.05, 3.63) is 29.8 Å². The Bertz CT molecular complexity index is 609. The molecular weight excluding hydrogens is 278 g/mol. The molecule has 0 radical (unpaired) electrons. The van der Waals surface area contributed by atoms with Crippen molar-refractivity contribution >= 4 is 11.6 Å². The molecule has 3 heterocycles. The number of anilines is 2. The van der Waals surface area contributed by atoms with Gasteiger partial charge in [-0.1, -0.05) is 0 Å². The first-order chi connectivity index (χ1) is 10.8. The van der Waals surface area contributed by atoms with Gasteiger partial charge < -0.3 is 15.5 Å². The molecule has 1 aliphatic heterocycles. The van der Waals surface area contributed by atoms with Crippen molar-refractivity contribution in [3.8, 4) is 0 Å². The van der Waals surface area contributed by atoms with Gasteiger partial charge in [0.2, 0.25) is 0 Å². The summed E-state index contributed by atoms with van der Waals surface area (Å²) in [5, 5.41) is 13.6. The zero-order valence-electron chi connectivity index (χ0n) is 13.1. The highest BCUT2D eigenvalue weighted by atomic mass is 15.2. The number of hydrogen-bond donors (Lipinski definition) is 3. The number of hydrogen-bond acceptors (Lipinski definition) is 6. The van der Waals surface area contributed by atoms with E-state index in [0.29, 0.717) is 6.04 Å². The molecule has 22 heavy (non-hydrogen) atoms. The molecule has 1 aliphatic rings. The SMILES string of the molecule is CNc1cc(N2CCC[C@@H]2CNCc2cn[nH]c2C)ncn1. The average Bonchev–Trinajstić information content (AvgIpc) is 3.17. The van der Waals surface area contributed by atoms with E-state index in [1.807, 2.05) is 26.2 Å². The number of H-pyrrole nitrogens is 1. The third-order valence-electron chi connectivity index (χ3n) is 4.21. The normalized spacial score (nSPS) is 17.9. The monoisotopic (exact) mass is 301 g/mol. The Morgan fingerprint density at radius 3 is 3.09 bits per heavy atom. The number of aromatic amines is 1. The maximum Gasteiger partial charge on any atom is 0.134 e. The van der Waals surface area contributed by atoms with Crippen molar-refractivity contribution in [1.29, 1.82) is 0 Å². The first kappa shape index (κ1) is 14.8. The summed E-state index contributed by atoms with van der Waals surface area (Å²) in [5.41, 5.74) is 2.36. The van der Waals surface area contributed by atoms with E-state index in [4.69, 9.17) is 0 Å². The fourth-order valence-electron chi connectivity index (χ4n) is 2.92. The lowest BCUT2D eigenvalue weighted by Gasteiger charge is -2.26. The molecule has 1 atom stereocenters. The first-order valence-corrected chi connectivity index (χ1v) is 7.74. The van der Waals surface area contributed by atoms with Gasteiger partial charge in [-0.05, 0) is 19.8 Å². The van der Waals surface area contributed by atoms with Crippen LogP contribution in [-0.2, 0) is 6.54 Å². The van der Waals surface area contributed by atoms with Gasteiger partial charge >= 0.3 is 0 Å². The first-order valence-electron chi connectivity index (χ1n) is 7.74. The summed E-state index contributed by atoms with van der Waals surface area (Å²) in [4.78, 5) is 11.0. The van der Waals surface area contributed by atoms with E-state index < -0.39 is 0 Å². The minimum absolute atomic E-state index is 0.479. The highest BCUT2D eigenvalue weighted by Gasteiger charge is 2.25. The number of rotatable bonds is 6. The number of nitrogens with one attached hydrogen (secondary N) is 3. The van der Waals surface area contributed by atoms with Crippen LogP contribution in [0.5, 0.6) is 0 Å². The van der Waals surface area contributed by atoms with Crippen molar-refractivity contribution in [2.45, 2.75) is 32.4 Å². The molecule has 7 nitrogen and oxygen atoms in total. The Morgan fingerprint density at radius 1 is 1.41 bits per heavy atom. The van der Waals surface area contributed by atoms with Crippen LogP contribution in [0.25, 0.3) is 0 Å². The molecular formula is C15H23N7. The Balaban J connectivity index is 1.59. The van der Waals surface area contributed by atoms with Gasteiger partial charge in [0.25, 0.3) is 0 Å². The molecule has 7 heteroatoms. The van der Waals surface area contributed by atoms with Gasteiger partial charge in [0.05, 0.1) is 6.20 Å². The van der Waals surface area contributed by atoms with E-state index in [0.717, 1.165) is 37.0 Å². The van der Waals surface area contributed by atoms with E-state index in [1.165, 1.54) is 18.4 Å². The Kier molecular flexibility index (Phi) is 4.53. The Hall–Kier alpha value is -2.15. The zero-order valence-corrected chi connectivity index (χ0v) is 13.1. The van der Waals surface area contributed by atoms with Gasteiger partial charge in [0.1, 0.15) is 18.0 Å². The smallest absolute Gasteiger partial charge is 0.134 e. The predicted molar refractivity (Wildman–Crippen MR) is 87.0 cm³/mol. The molecule has 0 spiro atoms. The van der Waals surface area contributed by atoms with E-state index in [9.17, 15) is 0 Å². The second kappa shape index (κ2) is 6.74. The van der Waals surface area contributed by atoms with Crippen molar-refractivity contribution < 1.29 is 0 Å². The second-order valence-electron chi connectivity index (χ2n) is 5.65. The van der Waals surface area contributed by atoms with Gasteiger partial charge in [-0.3, -0.25) is 5.10 Å². The highest BCUT2D eigenvalue weighted by Crippen LogP contribution is 2.24. The van der Waals surface area contributed by atoms with E-state index in [1.54, 1.807) is 6.33 Å². The third-order valence-corrected chi connectivity index (χ3v) is 4.21. The van der Waals surface area contributed by atoms with Crippen LogP contribution in [0, 0.1) is 6.92 Å². The topological polar surface area (TPSA) is 81.8 Å². The quantitative estimate of drug-likeness (QED) is 0.746. The summed E-state index contributed by atoms with van der Waals surface area (Å²) in [6, 6.07) is 2.49. The lowest BCUT2D eigenvalue weighted by atomic mass is 10.2. The van der Waals surface area contributed by atoms with Crippen LogP contribution in [0.2, 0.25) is 0 Å². The third kappa shape index (κ3) is 3.19. The van der Waals surface area contributed by atoms with Gasteiger partial charge in [-0.15, -0.1) is 0 Å². The standard InChI is InChI=1S/C15H23N7/c1-11-12(8-20-21-11)7-17-9-13-4-3-5-22(13)15-6-14(16-2)18-10-19-15/h6,8,10,13,17H,3-5,7,9H2,1-2H3,(H,20,21)(H,16,18,19)/t13-/m1/s1. The molecule has 118 valence electrons. The van der Waals surface area contributed by atoms with Crippen LogP contribution in [0.15, 0.2) is 18.6 Å². The van der Waals surface area contributed by atoms with E-state index >= 15 is 0 Å². The molecule has 0 aromatic carbocycles. The molecule has 0 saturated carbocycles. The summed E-state index contributed by atoms with van der Waals surface area (Å²) >= 11 is 0. The van der Waals surface area contributed by atoms with Crippen LogP contribution in [0.3, 0.4) is 0 Å². The summed E-state index contributed by atoms with van der Waals surface area (Å²) in [6.45, 7) is 4.89. The summed E-state index contributed by atoms with van der Waals surface area (Å²) < 4.78 is 0. The number of nitrogens with zero attached hydrogens (tertiary/aromatic N) is 4. The highest BCUT2D eigenvalue weighted by molar-refractivity contribution is 5.49. The van der Waals surface area contributed by atoms with Crippen LogP contribution >= 0.6 is 0 Å². The van der Waals surface area contributed by atoms with Gasteiger partial charge in [-0.25, -0.2) is 9.97 Å². The fraction of sp³-hybridized carbons (Fsp3) is 0.533. The van der Waals surface area contributed by atoms with Crippen molar-refractivity contribution in [2.75, 3.05) is 30.4 Å². The van der Waals surface area contributed by atoms with Gasteiger partial charge in [0, 0.05) is 50.0 Å². The largest absolute Gasteiger partial charge is 0.373 e. The van der Waals surface area contributed by atoms with Crippen molar-refractivity contribution in [2.24, 2.45) is 0 Å². The van der Waals surface area contributed by atoms with Crippen LogP contribution in [-0.4, -0.2) is 46.3 Å². The molecule has 2 aromatic heterocycles. The molecule has 1 saturated heterocycles. The molecule has 0 bridgehead atoms. The minimum Gasteiger partial charge on any atom is -0.373 e. The maximum atomic E-state index is 4.42. The van der Waals surface area contributed by atoms with Gasteiger partial charge in [-0.2, -0.15) is 5.10 Å². The van der Waals surface area contributed by atoms with Crippen molar-refractivity contribution in [3.63, 3.8) is 0 Å². The minimum atomic E-state index is 0.479. The van der Waals surface area contributed by atoms with Gasteiger partial charge in [0.15, 0.2) is 0 Å².